The van der Waals surface area contributed by atoms with Crippen LogP contribution in [-0.4, -0.2) is 36.0 Å². The fourth-order valence-corrected chi connectivity index (χ4v) is 3.24. The zero-order chi connectivity index (χ0) is 15.3. The Labute approximate surface area is 122 Å². The van der Waals surface area contributed by atoms with E-state index in [0.717, 1.165) is 12.8 Å². The van der Waals surface area contributed by atoms with Gasteiger partial charge in [0, 0.05) is 32.0 Å². The van der Waals surface area contributed by atoms with Gasteiger partial charge in [-0.2, -0.15) is 0 Å². The molecule has 0 saturated carbocycles. The van der Waals surface area contributed by atoms with Crippen molar-refractivity contribution >= 4 is 10.0 Å². The molecule has 0 spiro atoms. The molecule has 0 aliphatic carbocycles. The van der Waals surface area contributed by atoms with Crippen LogP contribution in [0.4, 0.5) is 0 Å². The SMILES string of the molecule is CCCn1cc(S(=O)(=O)N(C)CCC(C)C)cc1CO. The van der Waals surface area contributed by atoms with Crippen molar-refractivity contribution in [3.63, 3.8) is 0 Å². The first-order valence-corrected chi connectivity index (χ1v) is 8.53. The highest BCUT2D eigenvalue weighted by Crippen LogP contribution is 2.19. The van der Waals surface area contributed by atoms with Gasteiger partial charge in [-0.1, -0.05) is 20.8 Å². The molecular formula is C14H26N2O3S. The molecule has 0 bridgehead atoms. The van der Waals surface area contributed by atoms with Gasteiger partial charge in [-0.05, 0) is 24.8 Å². The van der Waals surface area contributed by atoms with Crippen LogP contribution < -0.4 is 0 Å². The van der Waals surface area contributed by atoms with Crippen LogP contribution in [0, 0.1) is 5.92 Å². The Balaban J connectivity index is 2.97. The molecule has 1 aromatic heterocycles. The molecule has 1 N–H and O–H groups in total. The Kier molecular flexibility index (Phi) is 6.23. The van der Waals surface area contributed by atoms with Gasteiger partial charge in [-0.25, -0.2) is 12.7 Å². The molecule has 20 heavy (non-hydrogen) atoms. The summed E-state index contributed by atoms with van der Waals surface area (Å²) in [4.78, 5) is 0.265. The number of hydrogen-bond acceptors (Lipinski definition) is 3. The van der Waals surface area contributed by atoms with E-state index in [4.69, 9.17) is 0 Å². The number of aliphatic hydroxyl groups excluding tert-OH is 1. The Bertz CT molecular complexity index is 521. The number of aryl methyl sites for hydroxylation is 1. The summed E-state index contributed by atoms with van der Waals surface area (Å²) >= 11 is 0. The van der Waals surface area contributed by atoms with E-state index in [9.17, 15) is 13.5 Å². The molecule has 0 unspecified atom stereocenters. The minimum Gasteiger partial charge on any atom is -0.390 e. The lowest BCUT2D eigenvalue weighted by atomic mass is 10.1. The highest BCUT2D eigenvalue weighted by atomic mass is 32.2. The number of sulfonamides is 1. The molecule has 0 atom stereocenters. The van der Waals surface area contributed by atoms with Crippen LogP contribution in [0.15, 0.2) is 17.2 Å². The van der Waals surface area contributed by atoms with E-state index in [1.165, 1.54) is 4.31 Å². The van der Waals surface area contributed by atoms with E-state index in [2.05, 4.69) is 13.8 Å². The summed E-state index contributed by atoms with van der Waals surface area (Å²) in [5.41, 5.74) is 0.641. The normalized spacial score (nSPS) is 12.6. The Hall–Kier alpha value is -0.850. The molecule has 1 rings (SSSR count). The van der Waals surface area contributed by atoms with Gasteiger partial charge in [0.1, 0.15) is 4.90 Å². The molecule has 5 nitrogen and oxygen atoms in total. The Morgan fingerprint density at radius 3 is 2.55 bits per heavy atom. The molecule has 1 aromatic rings. The fraction of sp³-hybridized carbons (Fsp3) is 0.714. The van der Waals surface area contributed by atoms with Gasteiger partial charge in [0.2, 0.25) is 10.0 Å². The lowest BCUT2D eigenvalue weighted by molar-refractivity contribution is 0.270. The predicted molar refractivity (Wildman–Crippen MR) is 79.9 cm³/mol. The maximum absolute atomic E-state index is 12.5. The molecule has 0 aliphatic rings. The highest BCUT2D eigenvalue weighted by Gasteiger charge is 2.23. The summed E-state index contributed by atoms with van der Waals surface area (Å²) in [6.45, 7) is 7.23. The molecule has 0 aromatic carbocycles. The van der Waals surface area contributed by atoms with Crippen molar-refractivity contribution < 1.29 is 13.5 Å². The van der Waals surface area contributed by atoms with Crippen LogP contribution in [-0.2, 0) is 23.2 Å². The van der Waals surface area contributed by atoms with Crippen LogP contribution in [0.5, 0.6) is 0 Å². The second-order valence-electron chi connectivity index (χ2n) is 5.53. The molecule has 6 heteroatoms. The topological polar surface area (TPSA) is 62.5 Å². The minimum atomic E-state index is -3.46. The second-order valence-corrected chi connectivity index (χ2v) is 7.57. The minimum absolute atomic E-state index is 0.148. The van der Waals surface area contributed by atoms with Crippen LogP contribution in [0.2, 0.25) is 0 Å². The van der Waals surface area contributed by atoms with Crippen LogP contribution in [0.25, 0.3) is 0 Å². The molecule has 0 amide bonds. The number of hydrogen-bond donors (Lipinski definition) is 1. The van der Waals surface area contributed by atoms with Crippen molar-refractivity contribution in [1.29, 1.82) is 0 Å². The third-order valence-electron chi connectivity index (χ3n) is 3.32. The summed E-state index contributed by atoms with van der Waals surface area (Å²) in [7, 11) is -1.86. The molecule has 0 saturated heterocycles. The smallest absolute Gasteiger partial charge is 0.244 e. The molecule has 0 fully saturated rings. The monoisotopic (exact) mass is 302 g/mol. The van der Waals surface area contributed by atoms with Gasteiger partial charge in [0.15, 0.2) is 0 Å². The van der Waals surface area contributed by atoms with Gasteiger partial charge in [0.25, 0.3) is 0 Å². The molecular weight excluding hydrogens is 276 g/mol. The average molecular weight is 302 g/mol. The van der Waals surface area contributed by atoms with E-state index in [1.807, 2.05) is 11.5 Å². The third kappa shape index (κ3) is 4.07. The van der Waals surface area contributed by atoms with E-state index < -0.39 is 10.0 Å². The number of aromatic nitrogens is 1. The van der Waals surface area contributed by atoms with Crippen molar-refractivity contribution in [3.8, 4) is 0 Å². The van der Waals surface area contributed by atoms with Crippen molar-refractivity contribution in [3.05, 3.63) is 18.0 Å². The molecule has 0 aliphatic heterocycles. The van der Waals surface area contributed by atoms with Crippen molar-refractivity contribution in [2.75, 3.05) is 13.6 Å². The Morgan fingerprint density at radius 1 is 1.40 bits per heavy atom. The third-order valence-corrected chi connectivity index (χ3v) is 5.14. The maximum Gasteiger partial charge on any atom is 0.244 e. The summed E-state index contributed by atoms with van der Waals surface area (Å²) in [6.07, 6.45) is 3.35. The van der Waals surface area contributed by atoms with Crippen LogP contribution in [0.1, 0.15) is 39.3 Å². The number of rotatable bonds is 8. The second kappa shape index (κ2) is 7.24. The van der Waals surface area contributed by atoms with Crippen molar-refractivity contribution in [1.82, 2.24) is 8.87 Å². The predicted octanol–water partition coefficient (Wildman–Crippen LogP) is 2.06. The number of aliphatic hydroxyl groups is 1. The molecule has 116 valence electrons. The summed E-state index contributed by atoms with van der Waals surface area (Å²) in [5, 5.41) is 9.31. The molecule has 0 radical (unpaired) electrons. The summed E-state index contributed by atoms with van der Waals surface area (Å²) in [6, 6.07) is 1.57. The summed E-state index contributed by atoms with van der Waals surface area (Å²) < 4.78 is 28.1. The average Bonchev–Trinajstić information content (AvgIpc) is 2.80. The van der Waals surface area contributed by atoms with Crippen LogP contribution >= 0.6 is 0 Å². The zero-order valence-corrected chi connectivity index (χ0v) is 13.7. The fourth-order valence-electron chi connectivity index (χ4n) is 1.99. The van der Waals surface area contributed by atoms with Crippen molar-refractivity contribution in [2.24, 2.45) is 5.92 Å². The lowest BCUT2D eigenvalue weighted by Crippen LogP contribution is -2.28. The highest BCUT2D eigenvalue weighted by molar-refractivity contribution is 7.89. The quantitative estimate of drug-likeness (QED) is 0.799. The van der Waals surface area contributed by atoms with Gasteiger partial charge >= 0.3 is 0 Å². The van der Waals surface area contributed by atoms with Gasteiger partial charge in [0.05, 0.1) is 6.61 Å². The summed E-state index contributed by atoms with van der Waals surface area (Å²) in [5.74, 6) is 0.463. The molecule has 1 heterocycles. The maximum atomic E-state index is 12.5. The first-order chi connectivity index (χ1) is 9.32. The Morgan fingerprint density at radius 2 is 2.05 bits per heavy atom. The standard InChI is InChI=1S/C14H26N2O3S/c1-5-7-16-10-14(9-13(16)11-17)20(18,19)15(4)8-6-12(2)3/h9-10,12,17H,5-8,11H2,1-4H3. The first-order valence-electron chi connectivity index (χ1n) is 7.09. The zero-order valence-electron chi connectivity index (χ0n) is 12.8. The number of nitrogens with zero attached hydrogens (tertiary/aromatic N) is 2. The van der Waals surface area contributed by atoms with E-state index in [-0.39, 0.29) is 11.5 Å². The van der Waals surface area contributed by atoms with Crippen molar-refractivity contribution in [2.45, 2.75) is 51.7 Å². The van der Waals surface area contributed by atoms with Gasteiger partial charge in [-0.3, -0.25) is 0 Å². The van der Waals surface area contributed by atoms with E-state index >= 15 is 0 Å². The van der Waals surface area contributed by atoms with Gasteiger partial charge < -0.3 is 9.67 Å². The van der Waals surface area contributed by atoms with E-state index in [1.54, 1.807) is 19.3 Å². The van der Waals surface area contributed by atoms with Gasteiger partial charge in [-0.15, -0.1) is 0 Å². The lowest BCUT2D eigenvalue weighted by Gasteiger charge is -2.17. The van der Waals surface area contributed by atoms with E-state index in [0.29, 0.717) is 24.7 Å². The first kappa shape index (κ1) is 17.2. The largest absolute Gasteiger partial charge is 0.390 e. The van der Waals surface area contributed by atoms with Crippen LogP contribution in [0.3, 0.4) is 0 Å².